The fourth-order valence-corrected chi connectivity index (χ4v) is 7.66. The molecule has 1 aromatic rings. The first-order valence-electron chi connectivity index (χ1n) is 6.02. The van der Waals surface area contributed by atoms with Crippen molar-refractivity contribution in [1.82, 2.24) is 9.29 Å². The number of sulfonamides is 1. The summed E-state index contributed by atoms with van der Waals surface area (Å²) in [6.45, 7) is 3.49. The molecule has 0 amide bonds. The van der Waals surface area contributed by atoms with E-state index in [2.05, 4.69) is 4.98 Å². The van der Waals surface area contributed by atoms with Crippen molar-refractivity contribution in [2.24, 2.45) is 0 Å². The second-order valence-corrected chi connectivity index (χ2v) is 10.5. The third-order valence-corrected chi connectivity index (χ3v) is 8.82. The number of nitrogens with zero attached hydrogens (tertiary/aromatic N) is 2. The number of hydrogen-bond donors (Lipinski definition) is 0. The molecule has 0 aliphatic carbocycles. The summed E-state index contributed by atoms with van der Waals surface area (Å²) in [5, 5.41) is 0. The van der Waals surface area contributed by atoms with Gasteiger partial charge in [-0.3, -0.25) is 0 Å². The minimum atomic E-state index is -3.75. The Hall–Kier alpha value is -0.220. The highest BCUT2D eigenvalue weighted by Crippen LogP contribution is 2.32. The molecule has 0 N–H and O–H groups in total. The average Bonchev–Trinajstić information content (AvgIpc) is 2.82. The molecule has 10 heteroatoms. The molecule has 0 radical (unpaired) electrons. The topological polar surface area (TPSA) is 84.4 Å². The standard InChI is InChI=1S/C10H15ClN2O4S3/c1-3-13(8-4-5-19(14,15)6-8)20(16,17)9-7(2)12-10(11)18-9/h8H,3-6H2,1-2H3. The SMILES string of the molecule is CCN(C1CCS(=O)(=O)C1)S(=O)(=O)c1sc(Cl)nc1C. The first kappa shape index (κ1) is 16.2. The molecule has 1 saturated heterocycles. The third kappa shape index (κ3) is 3.01. The Labute approximate surface area is 127 Å². The number of sulfone groups is 1. The van der Waals surface area contributed by atoms with Crippen molar-refractivity contribution in [2.75, 3.05) is 18.1 Å². The van der Waals surface area contributed by atoms with Crippen molar-refractivity contribution >= 4 is 42.8 Å². The average molecular weight is 359 g/mol. The van der Waals surface area contributed by atoms with Crippen LogP contribution in [-0.2, 0) is 19.9 Å². The number of rotatable bonds is 4. The lowest BCUT2D eigenvalue weighted by molar-refractivity contribution is 0.355. The van der Waals surface area contributed by atoms with Crippen LogP contribution in [0.5, 0.6) is 0 Å². The van der Waals surface area contributed by atoms with Gasteiger partial charge in [0.25, 0.3) is 10.0 Å². The molecule has 1 fully saturated rings. The predicted molar refractivity (Wildman–Crippen MR) is 78.5 cm³/mol. The van der Waals surface area contributed by atoms with Crippen molar-refractivity contribution in [3.63, 3.8) is 0 Å². The zero-order valence-electron chi connectivity index (χ0n) is 11.0. The quantitative estimate of drug-likeness (QED) is 0.810. The number of hydrogen-bond acceptors (Lipinski definition) is 6. The van der Waals surface area contributed by atoms with Gasteiger partial charge in [-0.25, -0.2) is 21.8 Å². The van der Waals surface area contributed by atoms with Gasteiger partial charge in [0.15, 0.2) is 18.5 Å². The Morgan fingerprint density at radius 2 is 2.15 bits per heavy atom. The highest BCUT2D eigenvalue weighted by molar-refractivity contribution is 7.92. The Bertz CT molecular complexity index is 711. The van der Waals surface area contributed by atoms with Gasteiger partial charge in [0.1, 0.15) is 0 Å². The van der Waals surface area contributed by atoms with E-state index in [9.17, 15) is 16.8 Å². The van der Waals surface area contributed by atoms with E-state index in [4.69, 9.17) is 11.6 Å². The fourth-order valence-electron chi connectivity index (χ4n) is 2.32. The molecular formula is C10H15ClN2O4S3. The summed E-state index contributed by atoms with van der Waals surface area (Å²) in [7, 11) is -6.90. The van der Waals surface area contributed by atoms with Crippen LogP contribution >= 0.6 is 22.9 Å². The van der Waals surface area contributed by atoms with Crippen molar-refractivity contribution in [2.45, 2.75) is 30.5 Å². The Balaban J connectivity index is 2.39. The van der Waals surface area contributed by atoms with Crippen LogP contribution in [0.1, 0.15) is 19.0 Å². The first-order chi connectivity index (χ1) is 9.17. The zero-order chi connectivity index (χ0) is 15.1. The van der Waals surface area contributed by atoms with Gasteiger partial charge in [0, 0.05) is 12.6 Å². The van der Waals surface area contributed by atoms with Gasteiger partial charge in [-0.05, 0) is 13.3 Å². The minimum absolute atomic E-state index is 0.0338. The predicted octanol–water partition coefficient (Wildman–Crippen LogP) is 1.30. The molecule has 2 heterocycles. The molecule has 20 heavy (non-hydrogen) atoms. The Kier molecular flexibility index (Phi) is 4.46. The van der Waals surface area contributed by atoms with Crippen molar-refractivity contribution in [1.29, 1.82) is 0 Å². The molecule has 1 aliphatic heterocycles. The van der Waals surface area contributed by atoms with E-state index in [1.165, 1.54) is 4.31 Å². The van der Waals surface area contributed by atoms with Crippen molar-refractivity contribution in [3.8, 4) is 0 Å². The summed E-state index contributed by atoms with van der Waals surface area (Å²) in [5.41, 5.74) is 0.347. The van der Waals surface area contributed by atoms with Crippen LogP contribution in [0.25, 0.3) is 0 Å². The number of aryl methyl sites for hydroxylation is 1. The van der Waals surface area contributed by atoms with Gasteiger partial charge in [-0.2, -0.15) is 4.31 Å². The maximum absolute atomic E-state index is 12.6. The van der Waals surface area contributed by atoms with Crippen LogP contribution in [-0.4, -0.2) is 50.2 Å². The summed E-state index contributed by atoms with van der Waals surface area (Å²) in [6, 6.07) is -0.504. The minimum Gasteiger partial charge on any atom is -0.229 e. The highest BCUT2D eigenvalue weighted by Gasteiger charge is 2.39. The van der Waals surface area contributed by atoms with Crippen LogP contribution in [0.2, 0.25) is 4.47 Å². The Morgan fingerprint density at radius 3 is 2.55 bits per heavy atom. The van der Waals surface area contributed by atoms with E-state index in [1.807, 2.05) is 0 Å². The number of thiazole rings is 1. The summed E-state index contributed by atoms with van der Waals surface area (Å²) >= 11 is 6.65. The molecule has 1 aliphatic rings. The second-order valence-electron chi connectivity index (χ2n) is 4.60. The van der Waals surface area contributed by atoms with E-state index in [1.54, 1.807) is 13.8 Å². The fraction of sp³-hybridized carbons (Fsp3) is 0.700. The van der Waals surface area contributed by atoms with Gasteiger partial charge in [0.05, 0.1) is 17.2 Å². The van der Waals surface area contributed by atoms with Gasteiger partial charge in [-0.1, -0.05) is 29.9 Å². The van der Waals surface area contributed by atoms with Crippen LogP contribution in [0, 0.1) is 6.92 Å². The number of halogens is 1. The molecular weight excluding hydrogens is 344 g/mol. The first-order valence-corrected chi connectivity index (χ1v) is 10.5. The van der Waals surface area contributed by atoms with E-state index < -0.39 is 25.9 Å². The van der Waals surface area contributed by atoms with E-state index in [-0.39, 0.29) is 26.7 Å². The number of aromatic nitrogens is 1. The van der Waals surface area contributed by atoms with Crippen LogP contribution in [0.3, 0.4) is 0 Å². The van der Waals surface area contributed by atoms with Gasteiger partial charge in [0.2, 0.25) is 0 Å². The lowest BCUT2D eigenvalue weighted by Gasteiger charge is -2.25. The summed E-state index contributed by atoms with van der Waals surface area (Å²) in [6.07, 6.45) is 0.334. The molecule has 1 atom stereocenters. The van der Waals surface area contributed by atoms with E-state index >= 15 is 0 Å². The summed E-state index contributed by atoms with van der Waals surface area (Å²) < 4.78 is 49.9. The lowest BCUT2D eigenvalue weighted by atomic mass is 10.3. The molecule has 0 bridgehead atoms. The van der Waals surface area contributed by atoms with E-state index in [0.29, 0.717) is 12.1 Å². The van der Waals surface area contributed by atoms with Crippen molar-refractivity contribution < 1.29 is 16.8 Å². The maximum atomic E-state index is 12.6. The van der Waals surface area contributed by atoms with Crippen LogP contribution in [0.4, 0.5) is 0 Å². The Morgan fingerprint density at radius 1 is 1.50 bits per heavy atom. The van der Waals surface area contributed by atoms with Gasteiger partial charge < -0.3 is 0 Å². The van der Waals surface area contributed by atoms with E-state index in [0.717, 1.165) is 11.3 Å². The molecule has 0 spiro atoms. The summed E-state index contributed by atoms with van der Waals surface area (Å²) in [4.78, 5) is 3.91. The third-order valence-electron chi connectivity index (χ3n) is 3.20. The molecule has 114 valence electrons. The summed E-state index contributed by atoms with van der Waals surface area (Å²) in [5.74, 6) is -0.0855. The monoisotopic (exact) mass is 358 g/mol. The molecule has 0 aromatic carbocycles. The van der Waals surface area contributed by atoms with Crippen LogP contribution < -0.4 is 0 Å². The normalized spacial score (nSPS) is 22.5. The molecule has 6 nitrogen and oxygen atoms in total. The largest absolute Gasteiger partial charge is 0.254 e. The maximum Gasteiger partial charge on any atom is 0.254 e. The van der Waals surface area contributed by atoms with Crippen LogP contribution in [0.15, 0.2) is 4.21 Å². The smallest absolute Gasteiger partial charge is 0.229 e. The van der Waals surface area contributed by atoms with Crippen molar-refractivity contribution in [3.05, 3.63) is 10.2 Å². The van der Waals surface area contributed by atoms with Gasteiger partial charge in [-0.15, -0.1) is 0 Å². The highest BCUT2D eigenvalue weighted by atomic mass is 35.5. The second kappa shape index (κ2) is 5.53. The zero-order valence-corrected chi connectivity index (χ0v) is 14.2. The lowest BCUT2D eigenvalue weighted by Crippen LogP contribution is -2.40. The molecule has 2 rings (SSSR count). The molecule has 1 unspecified atom stereocenters. The molecule has 1 aromatic heterocycles. The van der Waals surface area contributed by atoms with Gasteiger partial charge >= 0.3 is 0 Å². The molecule has 0 saturated carbocycles.